The van der Waals surface area contributed by atoms with Gasteiger partial charge in [0.25, 0.3) is 0 Å². The average Bonchev–Trinajstić information content (AvgIpc) is 2.39. The second-order valence-electron chi connectivity index (χ2n) is 4.69. The Kier molecular flexibility index (Phi) is 8.24. The van der Waals surface area contributed by atoms with Crippen LogP contribution in [-0.2, 0) is 0 Å². The van der Waals surface area contributed by atoms with Crippen molar-refractivity contribution in [1.29, 1.82) is 0 Å². The quantitative estimate of drug-likeness (QED) is 0.629. The Bertz CT molecular complexity index is 384. The van der Waals surface area contributed by atoms with Gasteiger partial charge in [0.1, 0.15) is 0 Å². The normalized spacial score (nSPS) is 14.4. The molecule has 0 fully saturated rings. The predicted octanol–water partition coefficient (Wildman–Crippen LogP) is 5.57. The van der Waals surface area contributed by atoms with Crippen molar-refractivity contribution in [2.45, 2.75) is 45.7 Å². The zero-order valence-corrected chi connectivity index (χ0v) is 14.2. The number of nitrogens with one attached hydrogen (secondary N) is 1. The fourth-order valence-corrected chi connectivity index (χ4v) is 3.13. The molecule has 108 valence electrons. The third kappa shape index (κ3) is 5.95. The van der Waals surface area contributed by atoms with Crippen molar-refractivity contribution >= 4 is 35.0 Å². The van der Waals surface area contributed by atoms with Crippen LogP contribution in [0, 0.1) is 0 Å². The maximum Gasteiger partial charge on any atom is 0.0595 e. The monoisotopic (exact) mass is 319 g/mol. The van der Waals surface area contributed by atoms with E-state index < -0.39 is 0 Å². The maximum atomic E-state index is 6.09. The van der Waals surface area contributed by atoms with Crippen molar-refractivity contribution in [3.05, 3.63) is 33.8 Å². The minimum Gasteiger partial charge on any atom is -0.307 e. The minimum atomic E-state index is 0.344. The summed E-state index contributed by atoms with van der Waals surface area (Å²) in [5.41, 5.74) is 1.21. The zero-order chi connectivity index (χ0) is 14.3. The molecule has 0 spiro atoms. The summed E-state index contributed by atoms with van der Waals surface area (Å²) >= 11 is 14.0. The van der Waals surface area contributed by atoms with Gasteiger partial charge in [-0.15, -0.1) is 0 Å². The van der Waals surface area contributed by atoms with E-state index in [2.05, 4.69) is 32.2 Å². The molecule has 0 aliphatic carbocycles. The molecule has 1 N–H and O–H groups in total. The van der Waals surface area contributed by atoms with Gasteiger partial charge in [-0.2, -0.15) is 11.8 Å². The van der Waals surface area contributed by atoms with Crippen LogP contribution in [0.3, 0.4) is 0 Å². The SMILES string of the molecule is CCSCCC(C)NC(CC)c1ccc(Cl)c(Cl)c1. The third-order valence-corrected chi connectivity index (χ3v) is 4.81. The van der Waals surface area contributed by atoms with Gasteiger partial charge in [0.15, 0.2) is 0 Å². The Morgan fingerprint density at radius 3 is 2.53 bits per heavy atom. The number of halogens is 2. The zero-order valence-electron chi connectivity index (χ0n) is 11.9. The molecule has 2 atom stereocenters. The second-order valence-corrected chi connectivity index (χ2v) is 6.90. The van der Waals surface area contributed by atoms with Crippen LogP contribution < -0.4 is 5.32 Å². The number of benzene rings is 1. The van der Waals surface area contributed by atoms with E-state index in [1.807, 2.05) is 23.9 Å². The fraction of sp³-hybridized carbons (Fsp3) is 0.600. The van der Waals surface area contributed by atoms with Crippen LogP contribution in [-0.4, -0.2) is 17.5 Å². The molecule has 0 saturated heterocycles. The molecule has 0 aliphatic heterocycles. The van der Waals surface area contributed by atoms with Crippen LogP contribution in [0.25, 0.3) is 0 Å². The van der Waals surface area contributed by atoms with Crippen LogP contribution in [0.15, 0.2) is 18.2 Å². The van der Waals surface area contributed by atoms with Gasteiger partial charge in [0, 0.05) is 12.1 Å². The smallest absolute Gasteiger partial charge is 0.0595 e. The van der Waals surface area contributed by atoms with E-state index in [0.717, 1.165) is 6.42 Å². The first kappa shape index (κ1) is 17.2. The van der Waals surface area contributed by atoms with Crippen LogP contribution in [0.1, 0.15) is 45.2 Å². The molecule has 0 aliphatic rings. The molecule has 4 heteroatoms. The lowest BCUT2D eigenvalue weighted by Gasteiger charge is -2.23. The molecule has 0 heterocycles. The lowest BCUT2D eigenvalue weighted by atomic mass is 10.0. The Balaban J connectivity index is 2.59. The summed E-state index contributed by atoms with van der Waals surface area (Å²) in [4.78, 5) is 0. The van der Waals surface area contributed by atoms with Gasteiger partial charge in [0.2, 0.25) is 0 Å². The number of rotatable bonds is 8. The van der Waals surface area contributed by atoms with E-state index in [0.29, 0.717) is 22.1 Å². The summed E-state index contributed by atoms with van der Waals surface area (Å²) < 4.78 is 0. The maximum absolute atomic E-state index is 6.09. The van der Waals surface area contributed by atoms with Gasteiger partial charge < -0.3 is 5.32 Å². The van der Waals surface area contributed by atoms with Crippen LogP contribution in [0.5, 0.6) is 0 Å². The highest BCUT2D eigenvalue weighted by molar-refractivity contribution is 7.99. The van der Waals surface area contributed by atoms with Gasteiger partial charge in [-0.05, 0) is 49.0 Å². The van der Waals surface area contributed by atoms with Crippen LogP contribution in [0.4, 0.5) is 0 Å². The first-order valence-electron chi connectivity index (χ1n) is 6.87. The lowest BCUT2D eigenvalue weighted by Crippen LogP contribution is -2.30. The molecule has 0 radical (unpaired) electrons. The van der Waals surface area contributed by atoms with E-state index in [1.54, 1.807) is 0 Å². The molecule has 0 amide bonds. The second kappa shape index (κ2) is 9.12. The van der Waals surface area contributed by atoms with Gasteiger partial charge in [-0.25, -0.2) is 0 Å². The molecule has 1 rings (SSSR count). The van der Waals surface area contributed by atoms with Gasteiger partial charge in [-0.3, -0.25) is 0 Å². The highest BCUT2D eigenvalue weighted by Crippen LogP contribution is 2.27. The van der Waals surface area contributed by atoms with E-state index in [9.17, 15) is 0 Å². The highest BCUT2D eigenvalue weighted by Gasteiger charge is 2.13. The van der Waals surface area contributed by atoms with Crippen molar-refractivity contribution < 1.29 is 0 Å². The minimum absolute atomic E-state index is 0.344. The highest BCUT2D eigenvalue weighted by atomic mass is 35.5. The Hall–Kier alpha value is 0.110. The fourth-order valence-electron chi connectivity index (χ4n) is 2.01. The van der Waals surface area contributed by atoms with E-state index in [-0.39, 0.29) is 0 Å². The van der Waals surface area contributed by atoms with E-state index in [1.165, 1.54) is 23.5 Å². The summed E-state index contributed by atoms with van der Waals surface area (Å²) in [6.07, 6.45) is 2.24. The Morgan fingerprint density at radius 1 is 1.21 bits per heavy atom. The molecule has 19 heavy (non-hydrogen) atoms. The largest absolute Gasteiger partial charge is 0.307 e. The standard InChI is InChI=1S/C15H23Cl2NS/c1-4-15(18-11(3)8-9-19-5-2)12-6-7-13(16)14(17)10-12/h6-7,10-11,15,18H,4-5,8-9H2,1-3H3. The number of hydrogen-bond acceptors (Lipinski definition) is 2. The van der Waals surface area contributed by atoms with Crippen molar-refractivity contribution in [3.8, 4) is 0 Å². The van der Waals surface area contributed by atoms with Crippen LogP contribution in [0.2, 0.25) is 10.0 Å². The first-order valence-corrected chi connectivity index (χ1v) is 8.78. The molecule has 1 aromatic carbocycles. The lowest BCUT2D eigenvalue weighted by molar-refractivity contribution is 0.439. The molecule has 1 aromatic rings. The van der Waals surface area contributed by atoms with Crippen molar-refractivity contribution in [1.82, 2.24) is 5.32 Å². The molecule has 0 aromatic heterocycles. The topological polar surface area (TPSA) is 12.0 Å². The van der Waals surface area contributed by atoms with Crippen LogP contribution >= 0.6 is 35.0 Å². The molecule has 0 saturated carbocycles. The van der Waals surface area contributed by atoms with Gasteiger partial charge >= 0.3 is 0 Å². The Morgan fingerprint density at radius 2 is 1.95 bits per heavy atom. The first-order chi connectivity index (χ1) is 9.08. The third-order valence-electron chi connectivity index (χ3n) is 3.14. The molecule has 0 bridgehead atoms. The number of hydrogen-bond donors (Lipinski definition) is 1. The van der Waals surface area contributed by atoms with Gasteiger partial charge in [0.05, 0.1) is 10.0 Å². The summed E-state index contributed by atoms with van der Waals surface area (Å²) in [6, 6.07) is 6.76. The Labute approximate surface area is 131 Å². The molecule has 1 nitrogen and oxygen atoms in total. The average molecular weight is 320 g/mol. The van der Waals surface area contributed by atoms with E-state index >= 15 is 0 Å². The number of thioether (sulfide) groups is 1. The summed E-state index contributed by atoms with van der Waals surface area (Å²) in [5, 5.41) is 4.92. The predicted molar refractivity (Wildman–Crippen MR) is 89.7 cm³/mol. The summed E-state index contributed by atoms with van der Waals surface area (Å²) in [5.74, 6) is 2.40. The molecular formula is C15H23Cl2NS. The molecular weight excluding hydrogens is 297 g/mol. The molecule has 2 unspecified atom stereocenters. The van der Waals surface area contributed by atoms with Crippen molar-refractivity contribution in [2.75, 3.05) is 11.5 Å². The van der Waals surface area contributed by atoms with Gasteiger partial charge in [-0.1, -0.05) is 43.1 Å². The van der Waals surface area contributed by atoms with Crippen molar-refractivity contribution in [2.24, 2.45) is 0 Å². The van der Waals surface area contributed by atoms with Crippen molar-refractivity contribution in [3.63, 3.8) is 0 Å². The van der Waals surface area contributed by atoms with E-state index in [4.69, 9.17) is 23.2 Å². The summed E-state index contributed by atoms with van der Waals surface area (Å²) in [7, 11) is 0. The summed E-state index contributed by atoms with van der Waals surface area (Å²) in [6.45, 7) is 6.64.